The highest BCUT2D eigenvalue weighted by atomic mass is 32.1. The van der Waals surface area contributed by atoms with E-state index in [4.69, 9.17) is 0 Å². The Morgan fingerprint density at radius 1 is 1.46 bits per heavy atom. The zero-order valence-electron chi connectivity index (χ0n) is 6.94. The second-order valence-electron chi connectivity index (χ2n) is 2.55. The minimum atomic E-state index is -0.198. The van der Waals surface area contributed by atoms with Crippen molar-refractivity contribution in [3.63, 3.8) is 0 Å². The van der Waals surface area contributed by atoms with Gasteiger partial charge in [0, 0.05) is 11.6 Å². The summed E-state index contributed by atoms with van der Waals surface area (Å²) in [6.07, 6.45) is 2.82. The van der Waals surface area contributed by atoms with Gasteiger partial charge in [0.2, 0.25) is 0 Å². The second-order valence-corrected chi connectivity index (χ2v) is 3.61. The average molecular weight is 193 g/mol. The predicted molar refractivity (Wildman–Crippen MR) is 50.7 cm³/mol. The van der Waals surface area contributed by atoms with Crippen LogP contribution in [0.5, 0.6) is 0 Å². The summed E-state index contributed by atoms with van der Waals surface area (Å²) in [4.78, 5) is 21.5. The summed E-state index contributed by atoms with van der Waals surface area (Å²) >= 11 is 1.56. The number of aromatic amines is 1. The first-order valence-electron chi connectivity index (χ1n) is 3.73. The molecule has 0 aromatic carbocycles. The lowest BCUT2D eigenvalue weighted by molar-refractivity contribution is 1.13. The summed E-state index contributed by atoms with van der Waals surface area (Å²) in [7, 11) is 0. The third-order valence-electron chi connectivity index (χ3n) is 1.55. The molecule has 2 aromatic rings. The molecular formula is C8H7N3OS. The van der Waals surface area contributed by atoms with Gasteiger partial charge in [-0.15, -0.1) is 11.3 Å². The van der Waals surface area contributed by atoms with Crippen molar-refractivity contribution < 1.29 is 0 Å². The number of rotatable bonds is 1. The third kappa shape index (κ3) is 1.65. The number of hydrogen-bond acceptors (Lipinski definition) is 4. The number of aromatic nitrogens is 3. The Balaban J connectivity index is 2.47. The summed E-state index contributed by atoms with van der Waals surface area (Å²) in [6.45, 7) is 1.93. The van der Waals surface area contributed by atoms with Crippen molar-refractivity contribution >= 4 is 11.3 Å². The molecule has 0 aliphatic rings. The Morgan fingerprint density at radius 2 is 2.31 bits per heavy atom. The highest BCUT2D eigenvalue weighted by Crippen LogP contribution is 2.17. The molecule has 2 aromatic heterocycles. The van der Waals surface area contributed by atoms with Crippen molar-refractivity contribution in [3.05, 3.63) is 33.1 Å². The second kappa shape index (κ2) is 3.10. The smallest absolute Gasteiger partial charge is 0.266 e. The number of hydrogen-bond donors (Lipinski definition) is 1. The fourth-order valence-electron chi connectivity index (χ4n) is 0.963. The molecule has 2 heterocycles. The van der Waals surface area contributed by atoms with E-state index >= 15 is 0 Å². The van der Waals surface area contributed by atoms with Crippen molar-refractivity contribution in [2.45, 2.75) is 6.92 Å². The van der Waals surface area contributed by atoms with E-state index in [0.717, 1.165) is 10.7 Å². The van der Waals surface area contributed by atoms with Gasteiger partial charge in [0.1, 0.15) is 11.4 Å². The molecule has 0 amide bonds. The zero-order valence-corrected chi connectivity index (χ0v) is 7.76. The van der Waals surface area contributed by atoms with Crippen molar-refractivity contribution in [2.75, 3.05) is 0 Å². The van der Waals surface area contributed by atoms with E-state index in [0.29, 0.717) is 5.69 Å². The molecule has 0 fully saturated rings. The van der Waals surface area contributed by atoms with Crippen LogP contribution in [0.2, 0.25) is 0 Å². The Bertz CT molecular complexity index is 454. The highest BCUT2D eigenvalue weighted by Gasteiger charge is 2.02. The predicted octanol–water partition coefficient (Wildman–Crippen LogP) is 1.20. The van der Waals surface area contributed by atoms with Crippen LogP contribution in [0, 0.1) is 6.92 Å². The molecule has 66 valence electrons. The van der Waals surface area contributed by atoms with Crippen LogP contribution in [-0.4, -0.2) is 15.0 Å². The van der Waals surface area contributed by atoms with Gasteiger partial charge < -0.3 is 4.98 Å². The standard InChI is InChI=1S/C8H7N3OS/c1-5-11-7(4-13-5)6-2-10-8(12)3-9-6/h2-4H,1H3,(H,10,12). The first-order valence-corrected chi connectivity index (χ1v) is 4.61. The van der Waals surface area contributed by atoms with Gasteiger partial charge >= 0.3 is 0 Å². The van der Waals surface area contributed by atoms with Gasteiger partial charge in [0.05, 0.1) is 11.2 Å². The largest absolute Gasteiger partial charge is 0.326 e. The van der Waals surface area contributed by atoms with Crippen molar-refractivity contribution in [2.24, 2.45) is 0 Å². The minimum absolute atomic E-state index is 0.198. The summed E-state index contributed by atoms with van der Waals surface area (Å²) in [5, 5.41) is 2.90. The zero-order chi connectivity index (χ0) is 9.26. The van der Waals surface area contributed by atoms with E-state index in [1.54, 1.807) is 17.5 Å². The first-order chi connectivity index (χ1) is 6.25. The molecule has 0 unspecified atom stereocenters. The minimum Gasteiger partial charge on any atom is -0.326 e. The molecule has 0 bridgehead atoms. The van der Waals surface area contributed by atoms with Crippen molar-refractivity contribution in [1.29, 1.82) is 0 Å². The number of aryl methyl sites for hydroxylation is 1. The third-order valence-corrected chi connectivity index (χ3v) is 2.33. The molecule has 0 aliphatic carbocycles. The summed E-state index contributed by atoms with van der Waals surface area (Å²) in [5.41, 5.74) is 1.30. The molecule has 5 heteroatoms. The number of thiazole rings is 1. The summed E-state index contributed by atoms with van der Waals surface area (Å²) in [5.74, 6) is 0. The van der Waals surface area contributed by atoms with Gasteiger partial charge in [0.15, 0.2) is 0 Å². The van der Waals surface area contributed by atoms with E-state index in [2.05, 4.69) is 15.0 Å². The van der Waals surface area contributed by atoms with Crippen molar-refractivity contribution in [1.82, 2.24) is 15.0 Å². The molecule has 0 saturated carbocycles. The van der Waals surface area contributed by atoms with Crippen LogP contribution < -0.4 is 5.56 Å². The van der Waals surface area contributed by atoms with Crippen LogP contribution >= 0.6 is 11.3 Å². The van der Waals surface area contributed by atoms with Gasteiger partial charge in [-0.05, 0) is 6.92 Å². The van der Waals surface area contributed by atoms with E-state index in [1.807, 2.05) is 12.3 Å². The topological polar surface area (TPSA) is 58.6 Å². The van der Waals surface area contributed by atoms with Crippen LogP contribution in [-0.2, 0) is 0 Å². The van der Waals surface area contributed by atoms with E-state index in [1.165, 1.54) is 6.20 Å². The molecule has 2 rings (SSSR count). The lowest BCUT2D eigenvalue weighted by atomic mass is 10.3. The highest BCUT2D eigenvalue weighted by molar-refractivity contribution is 7.09. The monoisotopic (exact) mass is 193 g/mol. The quantitative estimate of drug-likeness (QED) is 0.740. The molecule has 0 aliphatic heterocycles. The van der Waals surface area contributed by atoms with E-state index in [-0.39, 0.29) is 5.56 Å². The fraction of sp³-hybridized carbons (Fsp3) is 0.125. The maximum atomic E-state index is 10.7. The lowest BCUT2D eigenvalue weighted by Crippen LogP contribution is -2.04. The molecule has 0 radical (unpaired) electrons. The van der Waals surface area contributed by atoms with Crippen LogP contribution in [0.15, 0.2) is 22.6 Å². The molecule has 13 heavy (non-hydrogen) atoms. The Morgan fingerprint density at radius 3 is 2.85 bits per heavy atom. The summed E-state index contributed by atoms with van der Waals surface area (Å²) in [6, 6.07) is 0. The number of nitrogens with one attached hydrogen (secondary N) is 1. The van der Waals surface area contributed by atoms with Gasteiger partial charge in [-0.25, -0.2) is 9.97 Å². The Labute approximate surface area is 78.3 Å². The van der Waals surface area contributed by atoms with Crippen LogP contribution in [0.25, 0.3) is 11.4 Å². The number of H-pyrrole nitrogens is 1. The number of nitrogens with zero attached hydrogens (tertiary/aromatic N) is 2. The molecule has 0 spiro atoms. The van der Waals surface area contributed by atoms with Crippen LogP contribution in [0.1, 0.15) is 5.01 Å². The van der Waals surface area contributed by atoms with Gasteiger partial charge in [-0.1, -0.05) is 0 Å². The van der Waals surface area contributed by atoms with Crippen LogP contribution in [0.3, 0.4) is 0 Å². The first kappa shape index (κ1) is 8.12. The van der Waals surface area contributed by atoms with Gasteiger partial charge in [0.25, 0.3) is 5.56 Å². The van der Waals surface area contributed by atoms with Crippen LogP contribution in [0.4, 0.5) is 0 Å². The Hall–Kier alpha value is -1.49. The summed E-state index contributed by atoms with van der Waals surface area (Å²) < 4.78 is 0. The fourth-order valence-corrected chi connectivity index (χ4v) is 1.57. The van der Waals surface area contributed by atoms with Crippen molar-refractivity contribution in [3.8, 4) is 11.4 Å². The molecular weight excluding hydrogens is 186 g/mol. The molecule has 0 atom stereocenters. The Kier molecular flexibility index (Phi) is 1.94. The lowest BCUT2D eigenvalue weighted by Gasteiger charge is -1.91. The molecule has 4 nitrogen and oxygen atoms in total. The normalized spacial score (nSPS) is 10.2. The molecule has 0 saturated heterocycles. The average Bonchev–Trinajstić information content (AvgIpc) is 2.53. The maximum Gasteiger partial charge on any atom is 0.266 e. The molecule has 1 N–H and O–H groups in total. The van der Waals surface area contributed by atoms with E-state index in [9.17, 15) is 4.79 Å². The van der Waals surface area contributed by atoms with Gasteiger partial charge in [-0.3, -0.25) is 4.79 Å². The maximum absolute atomic E-state index is 10.7. The SMILES string of the molecule is Cc1nc(-c2c[nH]c(=O)cn2)cs1. The van der Waals surface area contributed by atoms with E-state index < -0.39 is 0 Å². The van der Waals surface area contributed by atoms with Gasteiger partial charge in [-0.2, -0.15) is 0 Å².